The van der Waals surface area contributed by atoms with E-state index in [4.69, 9.17) is 5.73 Å². The average Bonchev–Trinajstić information content (AvgIpc) is 1.56. The van der Waals surface area contributed by atoms with E-state index in [1.807, 2.05) is 0 Å². The van der Waals surface area contributed by atoms with Crippen LogP contribution < -0.4 is 5.73 Å². The van der Waals surface area contributed by atoms with Crippen LogP contribution in [0.5, 0.6) is 0 Å². The van der Waals surface area contributed by atoms with E-state index in [-0.39, 0.29) is 13.0 Å². The maximum Gasteiger partial charge on any atom is 0.253 e. The van der Waals surface area contributed by atoms with E-state index in [2.05, 4.69) is 0 Å². The Hall–Kier alpha value is 0.170. The minimum absolute atomic E-state index is 0.0914. The van der Waals surface area contributed by atoms with Gasteiger partial charge in [0, 0.05) is 23.8 Å². The molecule has 1 fully saturated rings. The smallest absolute Gasteiger partial charge is 0.253 e. The molecule has 0 bridgehead atoms. The van der Waals surface area contributed by atoms with Crippen LogP contribution in [-0.4, -0.2) is 24.0 Å². The van der Waals surface area contributed by atoms with Crippen molar-refractivity contribution in [3.63, 3.8) is 0 Å². The molecule has 0 radical (unpaired) electrons. The van der Waals surface area contributed by atoms with E-state index in [0.29, 0.717) is 11.5 Å². The van der Waals surface area contributed by atoms with Crippen LogP contribution in [-0.2, 0) is 0 Å². The van der Waals surface area contributed by atoms with Crippen LogP contribution >= 0.6 is 11.8 Å². The largest absolute Gasteiger partial charge is 0.330 e. The molecule has 60 valence electrons. The molecule has 10 heavy (non-hydrogen) atoms. The fourth-order valence-electron chi connectivity index (χ4n) is 0.876. The molecule has 2 N–H and O–H groups in total. The van der Waals surface area contributed by atoms with Crippen molar-refractivity contribution in [2.75, 3.05) is 18.1 Å². The van der Waals surface area contributed by atoms with Crippen molar-refractivity contribution in [3.05, 3.63) is 0 Å². The third-order valence-corrected chi connectivity index (χ3v) is 2.99. The molecule has 0 unspecified atom stereocenters. The van der Waals surface area contributed by atoms with Gasteiger partial charge >= 0.3 is 0 Å². The van der Waals surface area contributed by atoms with Gasteiger partial charge in [-0.25, -0.2) is 8.78 Å². The zero-order valence-corrected chi connectivity index (χ0v) is 6.46. The first-order valence-corrected chi connectivity index (χ1v) is 4.48. The highest BCUT2D eigenvalue weighted by atomic mass is 32.2. The summed E-state index contributed by atoms with van der Waals surface area (Å²) in [5.41, 5.74) is 5.04. The normalized spacial score (nSPS) is 20.7. The van der Waals surface area contributed by atoms with Crippen LogP contribution in [0.15, 0.2) is 0 Å². The Labute approximate surface area is 63.4 Å². The summed E-state index contributed by atoms with van der Waals surface area (Å²) in [7, 11) is 0. The molecule has 1 aliphatic heterocycles. The van der Waals surface area contributed by atoms with Crippen molar-refractivity contribution in [1.29, 1.82) is 0 Å². The number of nitrogens with two attached hydrogens (primary N) is 1. The van der Waals surface area contributed by atoms with Crippen molar-refractivity contribution in [3.8, 4) is 0 Å². The second kappa shape index (κ2) is 3.05. The average molecular weight is 167 g/mol. The van der Waals surface area contributed by atoms with E-state index in [1.54, 1.807) is 11.8 Å². The summed E-state index contributed by atoms with van der Waals surface area (Å²) >= 11 is 1.58. The highest BCUT2D eigenvalue weighted by Gasteiger charge is 2.42. The van der Waals surface area contributed by atoms with Crippen LogP contribution in [0, 0.1) is 5.92 Å². The molecule has 1 nitrogen and oxygen atoms in total. The van der Waals surface area contributed by atoms with Gasteiger partial charge in [0.05, 0.1) is 0 Å². The maximum atomic E-state index is 12.8. The van der Waals surface area contributed by atoms with Crippen LogP contribution in [0.3, 0.4) is 0 Å². The molecule has 0 aromatic rings. The Kier molecular flexibility index (Phi) is 2.52. The highest BCUT2D eigenvalue weighted by molar-refractivity contribution is 8.00. The molecule has 0 amide bonds. The maximum absolute atomic E-state index is 12.8. The lowest BCUT2D eigenvalue weighted by Crippen LogP contribution is -2.39. The molecule has 0 saturated carbocycles. The molecule has 1 heterocycles. The molecule has 0 aromatic heterocycles. The summed E-state index contributed by atoms with van der Waals surface area (Å²) in [6.07, 6.45) is -0.155. The van der Waals surface area contributed by atoms with Crippen LogP contribution in [0.1, 0.15) is 6.42 Å². The van der Waals surface area contributed by atoms with Crippen LogP contribution in [0.2, 0.25) is 0 Å². The molecule has 0 aliphatic carbocycles. The van der Waals surface area contributed by atoms with Crippen LogP contribution in [0.25, 0.3) is 0 Å². The zero-order chi connectivity index (χ0) is 7.61. The summed E-state index contributed by atoms with van der Waals surface area (Å²) in [6.45, 7) is 0.0914. The Morgan fingerprint density at radius 1 is 1.50 bits per heavy atom. The van der Waals surface area contributed by atoms with E-state index in [9.17, 15) is 8.78 Å². The molecule has 0 atom stereocenters. The summed E-state index contributed by atoms with van der Waals surface area (Å²) in [4.78, 5) is 0. The van der Waals surface area contributed by atoms with E-state index in [1.165, 1.54) is 0 Å². The minimum atomic E-state index is -2.50. The molecular formula is C6H11F2NS. The molecule has 0 spiro atoms. The summed E-state index contributed by atoms with van der Waals surface area (Å²) in [5, 5.41) is 0. The summed E-state index contributed by atoms with van der Waals surface area (Å²) in [5.74, 6) is -1.69. The third-order valence-electron chi connectivity index (χ3n) is 1.71. The molecular weight excluding hydrogens is 156 g/mol. The van der Waals surface area contributed by atoms with Crippen molar-refractivity contribution >= 4 is 11.8 Å². The second-order valence-corrected chi connectivity index (χ2v) is 3.61. The van der Waals surface area contributed by atoms with E-state index >= 15 is 0 Å². The predicted octanol–water partition coefficient (Wildman–Crippen LogP) is 1.33. The molecule has 0 aromatic carbocycles. The van der Waals surface area contributed by atoms with Gasteiger partial charge in [-0.3, -0.25) is 0 Å². The number of hydrogen-bond acceptors (Lipinski definition) is 2. The zero-order valence-electron chi connectivity index (χ0n) is 5.65. The number of hydrogen-bond donors (Lipinski definition) is 1. The van der Waals surface area contributed by atoms with Gasteiger partial charge < -0.3 is 5.73 Å². The van der Waals surface area contributed by atoms with Gasteiger partial charge in [0.25, 0.3) is 5.92 Å². The first-order chi connectivity index (χ1) is 4.67. The molecule has 1 saturated heterocycles. The highest BCUT2D eigenvalue weighted by Crippen LogP contribution is 2.39. The van der Waals surface area contributed by atoms with Crippen molar-refractivity contribution < 1.29 is 8.78 Å². The molecule has 4 heteroatoms. The quantitative estimate of drug-likeness (QED) is 0.686. The predicted molar refractivity (Wildman–Crippen MR) is 39.4 cm³/mol. The third kappa shape index (κ3) is 1.61. The van der Waals surface area contributed by atoms with Crippen molar-refractivity contribution in [2.24, 2.45) is 11.7 Å². The van der Waals surface area contributed by atoms with Crippen molar-refractivity contribution in [1.82, 2.24) is 0 Å². The lowest BCUT2D eigenvalue weighted by atomic mass is 10.0. The fraction of sp³-hybridized carbons (Fsp3) is 1.00. The van der Waals surface area contributed by atoms with Crippen LogP contribution in [0.4, 0.5) is 8.78 Å². The molecule has 1 rings (SSSR count). The second-order valence-electron chi connectivity index (χ2n) is 2.53. The van der Waals surface area contributed by atoms with Gasteiger partial charge in [-0.1, -0.05) is 0 Å². The van der Waals surface area contributed by atoms with Gasteiger partial charge in [0.2, 0.25) is 0 Å². The first kappa shape index (κ1) is 8.27. The van der Waals surface area contributed by atoms with Gasteiger partial charge in [-0.05, 0) is 6.54 Å². The van der Waals surface area contributed by atoms with Gasteiger partial charge in [-0.15, -0.1) is 0 Å². The van der Waals surface area contributed by atoms with Crippen molar-refractivity contribution in [2.45, 2.75) is 12.3 Å². The Bertz CT molecular complexity index is 114. The number of rotatable bonds is 3. The Morgan fingerprint density at radius 2 is 2.10 bits per heavy atom. The Balaban J connectivity index is 2.33. The first-order valence-electron chi connectivity index (χ1n) is 3.32. The topological polar surface area (TPSA) is 26.0 Å². The lowest BCUT2D eigenvalue weighted by molar-refractivity contribution is -0.0501. The molecule has 1 aliphatic rings. The van der Waals surface area contributed by atoms with Gasteiger partial charge in [0.15, 0.2) is 0 Å². The minimum Gasteiger partial charge on any atom is -0.330 e. The van der Waals surface area contributed by atoms with Gasteiger partial charge in [0.1, 0.15) is 0 Å². The fourth-order valence-corrected chi connectivity index (χ4v) is 1.84. The number of alkyl halides is 2. The summed E-state index contributed by atoms with van der Waals surface area (Å²) in [6, 6.07) is 0. The van der Waals surface area contributed by atoms with E-state index in [0.717, 1.165) is 0 Å². The van der Waals surface area contributed by atoms with E-state index < -0.39 is 11.8 Å². The number of halogens is 2. The monoisotopic (exact) mass is 167 g/mol. The Morgan fingerprint density at radius 3 is 2.40 bits per heavy atom. The number of thioether (sulfide) groups is 1. The lowest BCUT2D eigenvalue weighted by Gasteiger charge is -2.32. The van der Waals surface area contributed by atoms with Gasteiger partial charge in [-0.2, -0.15) is 11.8 Å². The summed E-state index contributed by atoms with van der Waals surface area (Å²) < 4.78 is 25.6. The standard InChI is InChI=1S/C6H11F2NS/c7-6(8,1-2-9)5-3-10-4-5/h5H,1-4,9H2. The SMILES string of the molecule is NCCC(F)(F)C1CSC1.